The smallest absolute Gasteiger partial charge is 0.0625 e. The van der Waals surface area contributed by atoms with Crippen molar-refractivity contribution < 1.29 is 0 Å². The van der Waals surface area contributed by atoms with Gasteiger partial charge in [0.1, 0.15) is 0 Å². The van der Waals surface area contributed by atoms with Gasteiger partial charge in [0.25, 0.3) is 0 Å². The molecule has 0 radical (unpaired) electrons. The molecule has 20 heavy (non-hydrogen) atoms. The molecular formula is C17H29N3. The molecule has 1 aromatic rings. The topological polar surface area (TPSA) is 29.9 Å². The van der Waals surface area contributed by atoms with Gasteiger partial charge in [-0.2, -0.15) is 5.10 Å². The van der Waals surface area contributed by atoms with Crippen molar-refractivity contribution >= 4 is 0 Å². The van der Waals surface area contributed by atoms with E-state index in [0.29, 0.717) is 6.04 Å². The largest absolute Gasteiger partial charge is 0.314 e. The van der Waals surface area contributed by atoms with Crippen LogP contribution in [0.15, 0.2) is 12.3 Å². The first-order chi connectivity index (χ1) is 9.86. The molecule has 0 amide bonds. The maximum Gasteiger partial charge on any atom is 0.0625 e. The zero-order valence-corrected chi connectivity index (χ0v) is 12.9. The van der Waals surface area contributed by atoms with E-state index in [2.05, 4.69) is 29.2 Å². The van der Waals surface area contributed by atoms with Crippen LogP contribution in [0, 0.1) is 5.92 Å². The summed E-state index contributed by atoms with van der Waals surface area (Å²) in [6.45, 7) is 3.31. The number of nitrogens with zero attached hydrogens (tertiary/aromatic N) is 2. The van der Waals surface area contributed by atoms with Crippen molar-refractivity contribution in [2.75, 3.05) is 6.54 Å². The van der Waals surface area contributed by atoms with Crippen molar-refractivity contribution in [2.24, 2.45) is 5.92 Å². The van der Waals surface area contributed by atoms with Crippen molar-refractivity contribution in [1.29, 1.82) is 0 Å². The second-order valence-corrected chi connectivity index (χ2v) is 6.62. The molecule has 3 heteroatoms. The highest BCUT2D eigenvalue weighted by molar-refractivity contribution is 5.01. The minimum absolute atomic E-state index is 0.672. The first kappa shape index (κ1) is 14.1. The summed E-state index contributed by atoms with van der Waals surface area (Å²) in [4.78, 5) is 0. The summed E-state index contributed by atoms with van der Waals surface area (Å²) in [6.07, 6.45) is 14.3. The molecule has 3 rings (SSSR count). The number of rotatable bonds is 7. The molecule has 2 saturated carbocycles. The van der Waals surface area contributed by atoms with Gasteiger partial charge in [-0.3, -0.25) is 4.68 Å². The molecule has 1 unspecified atom stereocenters. The van der Waals surface area contributed by atoms with Gasteiger partial charge >= 0.3 is 0 Å². The minimum atomic E-state index is 0.672. The van der Waals surface area contributed by atoms with Gasteiger partial charge in [-0.25, -0.2) is 0 Å². The third-order valence-electron chi connectivity index (χ3n) is 4.98. The van der Waals surface area contributed by atoms with Crippen LogP contribution in [0.25, 0.3) is 0 Å². The Bertz CT molecular complexity index is 402. The molecule has 0 saturated heterocycles. The number of aromatic nitrogens is 2. The molecular weight excluding hydrogens is 246 g/mol. The number of hydrogen-bond acceptors (Lipinski definition) is 2. The predicted molar refractivity (Wildman–Crippen MR) is 82.9 cm³/mol. The van der Waals surface area contributed by atoms with E-state index in [1.54, 1.807) is 0 Å². The molecule has 2 aliphatic carbocycles. The zero-order valence-electron chi connectivity index (χ0n) is 12.9. The third-order valence-corrected chi connectivity index (χ3v) is 4.98. The highest BCUT2D eigenvalue weighted by Crippen LogP contribution is 2.34. The van der Waals surface area contributed by atoms with Crippen LogP contribution in [0.1, 0.15) is 70.0 Å². The molecule has 3 nitrogen and oxygen atoms in total. The first-order valence-corrected chi connectivity index (χ1v) is 8.64. The Hall–Kier alpha value is -0.830. The van der Waals surface area contributed by atoms with Crippen LogP contribution < -0.4 is 5.32 Å². The van der Waals surface area contributed by atoms with E-state index in [1.165, 1.54) is 57.1 Å². The maximum atomic E-state index is 4.83. The molecule has 1 atom stereocenters. The maximum absolute atomic E-state index is 4.83. The fourth-order valence-electron chi connectivity index (χ4n) is 3.63. The Balaban J connectivity index is 1.51. The lowest BCUT2D eigenvalue weighted by molar-refractivity contribution is 0.327. The van der Waals surface area contributed by atoms with Crippen molar-refractivity contribution in [3.63, 3.8) is 0 Å². The van der Waals surface area contributed by atoms with Gasteiger partial charge in [-0.05, 0) is 57.1 Å². The van der Waals surface area contributed by atoms with Crippen molar-refractivity contribution in [2.45, 2.75) is 76.8 Å². The molecule has 0 aromatic carbocycles. The molecule has 1 aromatic heterocycles. The standard InChI is InChI=1S/C17H29N3/c1-2-18-17(14-8-9-14)11-10-15-12-13-20(19-15)16-6-4-3-5-7-16/h12-14,16-18H,2-11H2,1H3. The molecule has 0 aliphatic heterocycles. The van der Waals surface area contributed by atoms with E-state index >= 15 is 0 Å². The first-order valence-electron chi connectivity index (χ1n) is 8.64. The number of hydrogen-bond donors (Lipinski definition) is 1. The van der Waals surface area contributed by atoms with E-state index in [-0.39, 0.29) is 0 Å². The van der Waals surface area contributed by atoms with Gasteiger partial charge in [0.05, 0.1) is 11.7 Å². The summed E-state index contributed by atoms with van der Waals surface area (Å²) in [7, 11) is 0. The summed E-state index contributed by atoms with van der Waals surface area (Å²) in [5, 5.41) is 8.49. The van der Waals surface area contributed by atoms with E-state index in [9.17, 15) is 0 Å². The van der Waals surface area contributed by atoms with E-state index in [4.69, 9.17) is 5.10 Å². The molecule has 1 N–H and O–H groups in total. The fraction of sp³-hybridized carbons (Fsp3) is 0.824. The lowest BCUT2D eigenvalue weighted by atomic mass is 9.96. The van der Waals surface area contributed by atoms with Crippen LogP contribution in [0.5, 0.6) is 0 Å². The SMILES string of the molecule is CCNC(CCc1ccn(C2CCCCC2)n1)C1CC1. The molecule has 2 fully saturated rings. The summed E-state index contributed by atoms with van der Waals surface area (Å²) in [5.74, 6) is 0.940. The lowest BCUT2D eigenvalue weighted by Crippen LogP contribution is -2.31. The van der Waals surface area contributed by atoms with Gasteiger partial charge < -0.3 is 5.32 Å². The third kappa shape index (κ3) is 3.63. The quantitative estimate of drug-likeness (QED) is 0.822. The lowest BCUT2D eigenvalue weighted by Gasteiger charge is -2.21. The average molecular weight is 275 g/mol. The van der Waals surface area contributed by atoms with Crippen molar-refractivity contribution in [1.82, 2.24) is 15.1 Å². The highest BCUT2D eigenvalue weighted by Gasteiger charge is 2.30. The van der Waals surface area contributed by atoms with E-state index < -0.39 is 0 Å². The second kappa shape index (κ2) is 6.75. The van der Waals surface area contributed by atoms with Crippen LogP contribution in [0.3, 0.4) is 0 Å². The van der Waals surface area contributed by atoms with Gasteiger partial charge in [0, 0.05) is 12.2 Å². The number of nitrogens with one attached hydrogen (secondary N) is 1. The Morgan fingerprint density at radius 2 is 2.05 bits per heavy atom. The minimum Gasteiger partial charge on any atom is -0.314 e. The normalized spacial score (nSPS) is 22.1. The summed E-state index contributed by atoms with van der Waals surface area (Å²) in [6, 6.07) is 3.63. The number of aryl methyl sites for hydroxylation is 1. The Kier molecular flexibility index (Phi) is 4.77. The van der Waals surface area contributed by atoms with Gasteiger partial charge in [-0.1, -0.05) is 26.2 Å². The highest BCUT2D eigenvalue weighted by atomic mass is 15.3. The van der Waals surface area contributed by atoms with Crippen molar-refractivity contribution in [3.05, 3.63) is 18.0 Å². The van der Waals surface area contributed by atoms with Gasteiger partial charge in [-0.15, -0.1) is 0 Å². The van der Waals surface area contributed by atoms with E-state index in [1.807, 2.05) is 0 Å². The predicted octanol–water partition coefficient (Wildman–Crippen LogP) is 3.71. The summed E-state index contributed by atoms with van der Waals surface area (Å²) in [5.41, 5.74) is 1.29. The van der Waals surface area contributed by atoms with Crippen LogP contribution in [-0.4, -0.2) is 22.4 Å². The van der Waals surface area contributed by atoms with Crippen molar-refractivity contribution in [3.8, 4) is 0 Å². The Labute approximate surface area is 123 Å². The molecule has 0 bridgehead atoms. The summed E-state index contributed by atoms with van der Waals surface area (Å²) < 4.78 is 2.24. The fourth-order valence-corrected chi connectivity index (χ4v) is 3.63. The summed E-state index contributed by atoms with van der Waals surface area (Å²) >= 11 is 0. The molecule has 112 valence electrons. The van der Waals surface area contributed by atoms with Gasteiger partial charge in [0.2, 0.25) is 0 Å². The van der Waals surface area contributed by atoms with E-state index in [0.717, 1.165) is 24.9 Å². The molecule has 2 aliphatic rings. The average Bonchev–Trinajstić information content (AvgIpc) is 3.22. The molecule has 0 spiro atoms. The van der Waals surface area contributed by atoms with Crippen LogP contribution in [0.2, 0.25) is 0 Å². The zero-order chi connectivity index (χ0) is 13.8. The molecule has 1 heterocycles. The monoisotopic (exact) mass is 275 g/mol. The second-order valence-electron chi connectivity index (χ2n) is 6.62. The van der Waals surface area contributed by atoms with Crippen LogP contribution in [-0.2, 0) is 6.42 Å². The van der Waals surface area contributed by atoms with Gasteiger partial charge in [0.15, 0.2) is 0 Å². The van der Waals surface area contributed by atoms with Crippen LogP contribution in [0.4, 0.5) is 0 Å². The Morgan fingerprint density at radius 1 is 1.25 bits per heavy atom. The van der Waals surface area contributed by atoms with Crippen LogP contribution >= 0.6 is 0 Å². The Morgan fingerprint density at radius 3 is 2.75 bits per heavy atom.